The summed E-state index contributed by atoms with van der Waals surface area (Å²) in [5.41, 5.74) is 0. The van der Waals surface area contributed by atoms with Crippen molar-refractivity contribution in [1.82, 2.24) is 10.6 Å². The molecule has 0 heterocycles. The summed E-state index contributed by atoms with van der Waals surface area (Å²) in [5, 5.41) is 4.94. The van der Waals surface area contributed by atoms with Gasteiger partial charge in [-0.15, -0.1) is 0 Å². The lowest BCUT2D eigenvalue weighted by atomic mass is 10.2. The molecule has 0 rings (SSSR count). The average molecular weight is 204 g/mol. The van der Waals surface area contributed by atoms with Crippen molar-refractivity contribution >= 4 is 11.8 Å². The van der Waals surface area contributed by atoms with E-state index in [-0.39, 0.29) is 5.91 Å². The van der Waals surface area contributed by atoms with E-state index >= 15 is 0 Å². The van der Waals surface area contributed by atoms with Crippen molar-refractivity contribution in [2.24, 2.45) is 0 Å². The van der Waals surface area contributed by atoms with Crippen LogP contribution in [0.15, 0.2) is 0 Å². The summed E-state index contributed by atoms with van der Waals surface area (Å²) >= 11 is 0. The fourth-order valence-electron chi connectivity index (χ4n) is 0.987. The molecular formula is C9H17FN2O2. The van der Waals surface area contributed by atoms with Crippen LogP contribution in [-0.2, 0) is 9.59 Å². The molecule has 14 heavy (non-hydrogen) atoms. The van der Waals surface area contributed by atoms with Gasteiger partial charge in [0.25, 0.3) is 5.91 Å². The van der Waals surface area contributed by atoms with Gasteiger partial charge in [-0.2, -0.15) is 0 Å². The van der Waals surface area contributed by atoms with Crippen molar-refractivity contribution in [3.05, 3.63) is 0 Å². The van der Waals surface area contributed by atoms with Crippen LogP contribution in [0.1, 0.15) is 25.7 Å². The average Bonchev–Trinajstić information content (AvgIpc) is 2.22. The van der Waals surface area contributed by atoms with Crippen molar-refractivity contribution in [3.8, 4) is 0 Å². The van der Waals surface area contributed by atoms with E-state index in [9.17, 15) is 14.0 Å². The largest absolute Gasteiger partial charge is 0.359 e. The van der Waals surface area contributed by atoms with Crippen molar-refractivity contribution < 1.29 is 14.0 Å². The van der Waals surface area contributed by atoms with Crippen molar-refractivity contribution in [2.75, 3.05) is 20.3 Å². The SMILES string of the molecule is CNC(=O)CCCCCNC(=O)CF. The maximum Gasteiger partial charge on any atom is 0.251 e. The highest BCUT2D eigenvalue weighted by Gasteiger charge is 1.99. The predicted molar refractivity (Wildman–Crippen MR) is 51.5 cm³/mol. The fourth-order valence-corrected chi connectivity index (χ4v) is 0.987. The number of carbonyl (C=O) groups excluding carboxylic acids is 2. The number of rotatable bonds is 7. The standard InChI is InChI=1S/C9H17FN2O2/c1-11-8(13)5-3-2-4-6-12-9(14)7-10/h2-7H2,1H3,(H,11,13)(H,12,14). The first-order chi connectivity index (χ1) is 6.70. The van der Waals surface area contributed by atoms with E-state index in [0.29, 0.717) is 13.0 Å². The molecule has 0 bridgehead atoms. The molecule has 2 amide bonds. The van der Waals surface area contributed by atoms with Crippen molar-refractivity contribution in [1.29, 1.82) is 0 Å². The van der Waals surface area contributed by atoms with Gasteiger partial charge in [-0.3, -0.25) is 9.59 Å². The molecule has 0 saturated carbocycles. The topological polar surface area (TPSA) is 58.2 Å². The van der Waals surface area contributed by atoms with Crippen LogP contribution in [0.2, 0.25) is 0 Å². The van der Waals surface area contributed by atoms with Crippen LogP contribution < -0.4 is 10.6 Å². The Labute approximate surface area is 83.2 Å². The molecule has 4 nitrogen and oxygen atoms in total. The summed E-state index contributed by atoms with van der Waals surface area (Å²) in [5.74, 6) is -0.547. The molecule has 2 N–H and O–H groups in total. The molecule has 0 spiro atoms. The Bertz CT molecular complexity index is 166. The third kappa shape index (κ3) is 7.52. The van der Waals surface area contributed by atoms with Crippen LogP contribution >= 0.6 is 0 Å². The molecule has 0 atom stereocenters. The van der Waals surface area contributed by atoms with Crippen LogP contribution in [-0.4, -0.2) is 32.1 Å². The third-order valence-electron chi connectivity index (χ3n) is 1.80. The lowest BCUT2D eigenvalue weighted by Crippen LogP contribution is -2.25. The van der Waals surface area contributed by atoms with Crippen LogP contribution in [0.4, 0.5) is 4.39 Å². The minimum atomic E-state index is -0.960. The van der Waals surface area contributed by atoms with Crippen molar-refractivity contribution in [3.63, 3.8) is 0 Å². The molecule has 0 aliphatic rings. The Morgan fingerprint density at radius 2 is 1.86 bits per heavy atom. The van der Waals surface area contributed by atoms with E-state index in [2.05, 4.69) is 10.6 Å². The molecule has 0 fully saturated rings. The highest BCUT2D eigenvalue weighted by atomic mass is 19.1. The lowest BCUT2D eigenvalue weighted by Gasteiger charge is -2.02. The van der Waals surface area contributed by atoms with Crippen LogP contribution in [0, 0.1) is 0 Å². The van der Waals surface area contributed by atoms with E-state index < -0.39 is 12.6 Å². The minimum absolute atomic E-state index is 0.0257. The number of halogens is 1. The molecule has 0 aromatic heterocycles. The molecule has 0 radical (unpaired) electrons. The lowest BCUT2D eigenvalue weighted by molar-refractivity contribution is -0.122. The van der Waals surface area contributed by atoms with Gasteiger partial charge < -0.3 is 10.6 Å². The fraction of sp³-hybridized carbons (Fsp3) is 0.778. The summed E-state index contributed by atoms with van der Waals surface area (Å²) < 4.78 is 11.6. The van der Waals surface area contributed by atoms with E-state index in [1.54, 1.807) is 7.05 Å². The molecule has 82 valence electrons. The maximum absolute atomic E-state index is 11.6. The Balaban J connectivity index is 3.14. The Morgan fingerprint density at radius 1 is 1.14 bits per heavy atom. The Kier molecular flexibility index (Phi) is 7.78. The number of carbonyl (C=O) groups is 2. The van der Waals surface area contributed by atoms with E-state index in [0.717, 1.165) is 19.3 Å². The van der Waals surface area contributed by atoms with Gasteiger partial charge >= 0.3 is 0 Å². The quantitative estimate of drug-likeness (QED) is 0.589. The number of hydrogen-bond acceptors (Lipinski definition) is 2. The number of hydrogen-bond donors (Lipinski definition) is 2. The maximum atomic E-state index is 11.6. The van der Waals surface area contributed by atoms with Gasteiger partial charge in [-0.05, 0) is 12.8 Å². The number of alkyl halides is 1. The number of unbranched alkanes of at least 4 members (excludes halogenated alkanes) is 2. The first-order valence-electron chi connectivity index (χ1n) is 4.74. The molecular weight excluding hydrogens is 187 g/mol. The monoisotopic (exact) mass is 204 g/mol. The van der Waals surface area contributed by atoms with Crippen LogP contribution in [0.3, 0.4) is 0 Å². The minimum Gasteiger partial charge on any atom is -0.359 e. The number of amides is 2. The zero-order valence-corrected chi connectivity index (χ0v) is 8.44. The smallest absolute Gasteiger partial charge is 0.251 e. The highest BCUT2D eigenvalue weighted by Crippen LogP contribution is 1.98. The van der Waals surface area contributed by atoms with Gasteiger partial charge in [-0.25, -0.2) is 4.39 Å². The molecule has 0 aliphatic heterocycles. The van der Waals surface area contributed by atoms with Gasteiger partial charge in [0.05, 0.1) is 0 Å². The molecule has 0 unspecified atom stereocenters. The third-order valence-corrected chi connectivity index (χ3v) is 1.80. The zero-order valence-electron chi connectivity index (χ0n) is 8.44. The zero-order chi connectivity index (χ0) is 10.8. The van der Waals surface area contributed by atoms with Crippen molar-refractivity contribution in [2.45, 2.75) is 25.7 Å². The molecule has 0 aliphatic carbocycles. The molecule has 5 heteroatoms. The molecule has 0 aromatic rings. The van der Waals surface area contributed by atoms with Gasteiger partial charge in [0.15, 0.2) is 6.67 Å². The van der Waals surface area contributed by atoms with Gasteiger partial charge in [0, 0.05) is 20.0 Å². The van der Waals surface area contributed by atoms with Gasteiger partial charge in [0.2, 0.25) is 5.91 Å². The molecule has 0 aromatic carbocycles. The second-order valence-corrected chi connectivity index (χ2v) is 2.97. The summed E-state index contributed by atoms with van der Waals surface area (Å²) in [6.45, 7) is -0.477. The number of nitrogens with one attached hydrogen (secondary N) is 2. The Hall–Kier alpha value is -1.13. The van der Waals surface area contributed by atoms with Crippen LogP contribution in [0.25, 0.3) is 0 Å². The molecule has 0 saturated heterocycles. The summed E-state index contributed by atoms with van der Waals surface area (Å²) in [7, 11) is 1.60. The summed E-state index contributed by atoms with van der Waals surface area (Å²) in [6.07, 6.45) is 2.95. The first kappa shape index (κ1) is 12.9. The normalized spacial score (nSPS) is 9.57. The second-order valence-electron chi connectivity index (χ2n) is 2.97. The van der Waals surface area contributed by atoms with Crippen LogP contribution in [0.5, 0.6) is 0 Å². The Morgan fingerprint density at radius 3 is 2.43 bits per heavy atom. The first-order valence-corrected chi connectivity index (χ1v) is 4.74. The summed E-state index contributed by atoms with van der Waals surface area (Å²) in [6, 6.07) is 0. The van der Waals surface area contributed by atoms with Gasteiger partial charge in [-0.1, -0.05) is 6.42 Å². The second kappa shape index (κ2) is 8.47. The van der Waals surface area contributed by atoms with Gasteiger partial charge in [0.1, 0.15) is 0 Å². The summed E-state index contributed by atoms with van der Waals surface area (Å²) in [4.78, 5) is 21.2. The van der Waals surface area contributed by atoms with E-state index in [1.807, 2.05) is 0 Å². The van der Waals surface area contributed by atoms with E-state index in [1.165, 1.54) is 0 Å². The van der Waals surface area contributed by atoms with E-state index in [4.69, 9.17) is 0 Å². The predicted octanol–water partition coefficient (Wildman–Crippen LogP) is 0.378. The highest BCUT2D eigenvalue weighted by molar-refractivity contribution is 5.76.